The number of rotatable bonds is 5. The Bertz CT molecular complexity index is 123. The van der Waals surface area contributed by atoms with Crippen LogP contribution in [0.1, 0.15) is 6.42 Å². The minimum atomic E-state index is -0.483. The maximum absolute atomic E-state index is 9.09. The lowest BCUT2D eigenvalue weighted by Gasteiger charge is -2.06. The van der Waals surface area contributed by atoms with Gasteiger partial charge in [0.1, 0.15) is 0 Å². The smallest absolute Gasteiger partial charge is 0.185 e. The summed E-state index contributed by atoms with van der Waals surface area (Å²) in [4.78, 5) is 3.70. The van der Waals surface area contributed by atoms with Gasteiger partial charge in [0.2, 0.25) is 0 Å². The molecule has 0 fully saturated rings. The molecule has 1 atom stereocenters. The van der Waals surface area contributed by atoms with Crippen molar-refractivity contribution >= 4 is 5.96 Å². The maximum Gasteiger partial charge on any atom is 0.185 e. The zero-order valence-corrected chi connectivity index (χ0v) is 6.66. The zero-order valence-electron chi connectivity index (χ0n) is 6.66. The molecule has 0 aromatic carbocycles. The summed E-state index contributed by atoms with van der Waals surface area (Å²) < 4.78 is 4.70. The Hall–Kier alpha value is -0.810. The maximum atomic E-state index is 9.09. The molecule has 0 amide bonds. The van der Waals surface area contributed by atoms with Gasteiger partial charge in [-0.1, -0.05) is 0 Å². The topological polar surface area (TPSA) is 93.9 Å². The molecule has 5 nitrogen and oxygen atoms in total. The number of methoxy groups -OCH3 is 1. The van der Waals surface area contributed by atoms with Crippen molar-refractivity contribution in [1.82, 2.24) is 0 Å². The van der Waals surface area contributed by atoms with E-state index in [2.05, 4.69) is 4.99 Å². The largest absolute Gasteiger partial charge is 0.391 e. The number of ether oxygens (including phenoxy) is 1. The number of hydrogen-bond donors (Lipinski definition) is 3. The predicted molar refractivity (Wildman–Crippen MR) is 43.2 cm³/mol. The van der Waals surface area contributed by atoms with Crippen LogP contribution >= 0.6 is 0 Å². The summed E-state index contributed by atoms with van der Waals surface area (Å²) in [6, 6.07) is 0. The number of aliphatic hydroxyl groups excluding tert-OH is 1. The molecule has 0 aliphatic heterocycles. The first-order chi connectivity index (χ1) is 5.16. The molecule has 0 aromatic heterocycles. The summed E-state index contributed by atoms with van der Waals surface area (Å²) >= 11 is 0. The van der Waals surface area contributed by atoms with E-state index in [1.165, 1.54) is 7.11 Å². The molecule has 0 spiro atoms. The molecule has 0 saturated heterocycles. The molecule has 0 saturated carbocycles. The molecule has 11 heavy (non-hydrogen) atoms. The molecule has 5 heteroatoms. The van der Waals surface area contributed by atoms with E-state index < -0.39 is 6.10 Å². The molecule has 0 rings (SSSR count). The Balaban J connectivity index is 3.31. The van der Waals surface area contributed by atoms with Crippen molar-refractivity contribution < 1.29 is 9.84 Å². The second kappa shape index (κ2) is 5.94. The van der Waals surface area contributed by atoms with Crippen LogP contribution in [0.2, 0.25) is 0 Å². The van der Waals surface area contributed by atoms with Gasteiger partial charge in [0, 0.05) is 13.7 Å². The highest BCUT2D eigenvalue weighted by Gasteiger charge is 2.00. The van der Waals surface area contributed by atoms with Crippen LogP contribution < -0.4 is 11.5 Å². The molecule has 66 valence electrons. The van der Waals surface area contributed by atoms with Gasteiger partial charge in [-0.3, -0.25) is 4.99 Å². The van der Waals surface area contributed by atoms with E-state index >= 15 is 0 Å². The highest BCUT2D eigenvalue weighted by Crippen LogP contribution is 1.91. The normalized spacial score (nSPS) is 12.5. The van der Waals surface area contributed by atoms with Crippen LogP contribution in [-0.2, 0) is 4.74 Å². The fraction of sp³-hybridized carbons (Fsp3) is 0.833. The van der Waals surface area contributed by atoms with E-state index in [9.17, 15) is 0 Å². The predicted octanol–water partition coefficient (Wildman–Crippen LogP) is -1.34. The van der Waals surface area contributed by atoms with Gasteiger partial charge in [0.05, 0.1) is 12.7 Å². The van der Waals surface area contributed by atoms with Crippen molar-refractivity contribution in [3.8, 4) is 0 Å². The van der Waals surface area contributed by atoms with Gasteiger partial charge in [-0.25, -0.2) is 0 Å². The molecule has 0 aliphatic carbocycles. The van der Waals surface area contributed by atoms with Crippen molar-refractivity contribution in [2.24, 2.45) is 16.5 Å². The van der Waals surface area contributed by atoms with Gasteiger partial charge in [-0.05, 0) is 6.42 Å². The summed E-state index contributed by atoms with van der Waals surface area (Å²) in [7, 11) is 1.53. The van der Waals surface area contributed by atoms with Crippen LogP contribution in [0.25, 0.3) is 0 Å². The van der Waals surface area contributed by atoms with Gasteiger partial charge < -0.3 is 21.3 Å². The van der Waals surface area contributed by atoms with Crippen molar-refractivity contribution in [2.75, 3.05) is 20.3 Å². The Morgan fingerprint density at radius 1 is 1.64 bits per heavy atom. The summed E-state index contributed by atoms with van der Waals surface area (Å²) in [6.45, 7) is 0.757. The van der Waals surface area contributed by atoms with E-state index in [1.54, 1.807) is 0 Å². The number of hydrogen-bond acceptors (Lipinski definition) is 3. The highest BCUT2D eigenvalue weighted by atomic mass is 16.5. The Morgan fingerprint density at radius 3 is 2.73 bits per heavy atom. The number of aliphatic hydroxyl groups is 1. The monoisotopic (exact) mass is 161 g/mol. The third-order valence-electron chi connectivity index (χ3n) is 1.12. The fourth-order valence-electron chi connectivity index (χ4n) is 0.618. The van der Waals surface area contributed by atoms with Crippen molar-refractivity contribution in [1.29, 1.82) is 0 Å². The van der Waals surface area contributed by atoms with Gasteiger partial charge >= 0.3 is 0 Å². The third-order valence-corrected chi connectivity index (χ3v) is 1.12. The van der Waals surface area contributed by atoms with Crippen LogP contribution in [0, 0.1) is 0 Å². The lowest BCUT2D eigenvalue weighted by atomic mass is 10.3. The van der Waals surface area contributed by atoms with Gasteiger partial charge in [-0.2, -0.15) is 0 Å². The first-order valence-corrected chi connectivity index (χ1v) is 3.39. The second-order valence-electron chi connectivity index (χ2n) is 2.20. The van der Waals surface area contributed by atoms with E-state index in [1.807, 2.05) is 0 Å². The second-order valence-corrected chi connectivity index (χ2v) is 2.20. The quantitative estimate of drug-likeness (QED) is 0.343. The Labute approximate surface area is 66.0 Å². The molecule has 0 heterocycles. The van der Waals surface area contributed by atoms with Crippen LogP contribution in [0.4, 0.5) is 0 Å². The van der Waals surface area contributed by atoms with Gasteiger partial charge in [0.15, 0.2) is 5.96 Å². The molecule has 0 aliphatic rings. The first kappa shape index (κ1) is 10.2. The minimum Gasteiger partial charge on any atom is -0.391 e. The summed E-state index contributed by atoms with van der Waals surface area (Å²) in [5.74, 6) is 0.0506. The minimum absolute atomic E-state index is 0.0506. The Morgan fingerprint density at radius 2 is 2.27 bits per heavy atom. The van der Waals surface area contributed by atoms with Crippen molar-refractivity contribution in [3.05, 3.63) is 0 Å². The molecule has 1 unspecified atom stereocenters. The van der Waals surface area contributed by atoms with Gasteiger partial charge in [0.25, 0.3) is 0 Å². The zero-order chi connectivity index (χ0) is 8.69. The third kappa shape index (κ3) is 7.08. The summed E-state index contributed by atoms with van der Waals surface area (Å²) in [6.07, 6.45) is 0.0363. The average Bonchev–Trinajstić information content (AvgIpc) is 1.87. The number of guanidine groups is 1. The SMILES string of the molecule is COCC(O)CCN=C(N)N. The fourth-order valence-corrected chi connectivity index (χ4v) is 0.618. The van der Waals surface area contributed by atoms with Crippen molar-refractivity contribution in [2.45, 2.75) is 12.5 Å². The van der Waals surface area contributed by atoms with E-state index in [4.69, 9.17) is 21.3 Å². The van der Waals surface area contributed by atoms with Crippen LogP contribution in [-0.4, -0.2) is 37.4 Å². The lowest BCUT2D eigenvalue weighted by molar-refractivity contribution is 0.0610. The van der Waals surface area contributed by atoms with E-state index in [0.29, 0.717) is 19.6 Å². The number of aliphatic imine (C=N–C) groups is 1. The van der Waals surface area contributed by atoms with E-state index in [0.717, 1.165) is 0 Å². The van der Waals surface area contributed by atoms with Crippen LogP contribution in [0.3, 0.4) is 0 Å². The van der Waals surface area contributed by atoms with Crippen LogP contribution in [0.15, 0.2) is 4.99 Å². The van der Waals surface area contributed by atoms with Crippen molar-refractivity contribution in [3.63, 3.8) is 0 Å². The highest BCUT2D eigenvalue weighted by molar-refractivity contribution is 5.75. The summed E-state index contributed by atoms with van der Waals surface area (Å²) in [5.41, 5.74) is 10.1. The molecule has 5 N–H and O–H groups in total. The van der Waals surface area contributed by atoms with Crippen LogP contribution in [0.5, 0.6) is 0 Å². The first-order valence-electron chi connectivity index (χ1n) is 3.39. The molecule has 0 radical (unpaired) electrons. The molecular weight excluding hydrogens is 146 g/mol. The number of nitrogens with zero attached hydrogens (tertiary/aromatic N) is 1. The average molecular weight is 161 g/mol. The lowest BCUT2D eigenvalue weighted by Crippen LogP contribution is -2.24. The number of nitrogens with two attached hydrogens (primary N) is 2. The molecule has 0 bridgehead atoms. The van der Waals surface area contributed by atoms with Gasteiger partial charge in [-0.15, -0.1) is 0 Å². The standard InChI is InChI=1S/C6H15N3O2/c1-11-4-5(10)2-3-9-6(7)8/h5,10H,2-4H2,1H3,(H4,7,8,9). The molecule has 0 aromatic rings. The molecular formula is C6H15N3O2. The van der Waals surface area contributed by atoms with E-state index in [-0.39, 0.29) is 5.96 Å². The summed E-state index contributed by atoms with van der Waals surface area (Å²) in [5, 5.41) is 9.09. The Kier molecular flexibility index (Phi) is 5.50.